The van der Waals surface area contributed by atoms with E-state index < -0.39 is 14.9 Å². The molecule has 1 atom stereocenters. The zero-order chi connectivity index (χ0) is 20.3. The molecule has 0 radical (unpaired) electrons. The fourth-order valence-corrected chi connectivity index (χ4v) is 4.90. The maximum atomic E-state index is 12.7. The van der Waals surface area contributed by atoms with Gasteiger partial charge in [0.25, 0.3) is 5.69 Å². The minimum atomic E-state index is -3.72. The lowest BCUT2D eigenvalue weighted by molar-refractivity contribution is -0.384. The fourth-order valence-electron chi connectivity index (χ4n) is 3.36. The van der Waals surface area contributed by atoms with Gasteiger partial charge in [-0.05, 0) is 38.0 Å². The summed E-state index contributed by atoms with van der Waals surface area (Å²) in [5.74, 6) is 0.665. The average Bonchev–Trinajstić information content (AvgIpc) is 3.23. The van der Waals surface area contributed by atoms with Crippen LogP contribution >= 0.6 is 0 Å². The van der Waals surface area contributed by atoms with Gasteiger partial charge < -0.3 is 10.1 Å². The van der Waals surface area contributed by atoms with Gasteiger partial charge in [0.2, 0.25) is 10.0 Å². The van der Waals surface area contributed by atoms with Crippen molar-refractivity contribution in [1.29, 1.82) is 0 Å². The van der Waals surface area contributed by atoms with Crippen LogP contribution in [-0.4, -0.2) is 37.8 Å². The molecule has 9 heteroatoms. The highest BCUT2D eigenvalue weighted by Crippen LogP contribution is 2.34. The van der Waals surface area contributed by atoms with E-state index in [1.165, 1.54) is 16.4 Å². The van der Waals surface area contributed by atoms with E-state index in [2.05, 4.69) is 5.32 Å². The first-order chi connectivity index (χ1) is 13.3. The van der Waals surface area contributed by atoms with Gasteiger partial charge in [-0.2, -0.15) is 4.31 Å². The third-order valence-corrected chi connectivity index (χ3v) is 6.74. The molecule has 28 heavy (non-hydrogen) atoms. The van der Waals surface area contributed by atoms with E-state index in [0.717, 1.165) is 24.5 Å². The SMILES string of the molecule is COc1ccccc1[C@H](C)Nc1ccc(S(=O)(=O)N2CCCC2)cc1[N+](=O)[O-]. The van der Waals surface area contributed by atoms with E-state index in [4.69, 9.17) is 4.74 Å². The number of nitro groups is 1. The molecule has 1 aliphatic heterocycles. The Hall–Kier alpha value is -2.65. The molecule has 1 saturated heterocycles. The zero-order valence-electron chi connectivity index (χ0n) is 15.8. The van der Waals surface area contributed by atoms with E-state index in [-0.39, 0.29) is 22.3 Å². The predicted octanol–water partition coefficient (Wildman–Crippen LogP) is 3.56. The standard InChI is InChI=1S/C19H23N3O5S/c1-14(16-7-3-4-8-19(16)27-2)20-17-10-9-15(13-18(17)22(23)24)28(25,26)21-11-5-6-12-21/h3-4,7-10,13-14,20H,5-6,11-12H2,1-2H3/t14-/m0/s1. The molecular formula is C19H23N3O5S. The first-order valence-electron chi connectivity index (χ1n) is 9.02. The summed E-state index contributed by atoms with van der Waals surface area (Å²) in [6.07, 6.45) is 1.61. The molecule has 1 aliphatic rings. The molecule has 1 fully saturated rings. The number of nitrogens with zero attached hydrogens (tertiary/aromatic N) is 2. The second kappa shape index (κ2) is 8.15. The van der Waals surface area contributed by atoms with Gasteiger partial charge in [0.1, 0.15) is 11.4 Å². The van der Waals surface area contributed by atoms with Crippen molar-refractivity contribution in [2.24, 2.45) is 0 Å². The third kappa shape index (κ3) is 3.95. The van der Waals surface area contributed by atoms with Gasteiger partial charge in [-0.3, -0.25) is 10.1 Å². The fraction of sp³-hybridized carbons (Fsp3) is 0.368. The van der Waals surface area contributed by atoms with Gasteiger partial charge in [-0.1, -0.05) is 18.2 Å². The normalized spacial score (nSPS) is 15.9. The minimum absolute atomic E-state index is 0.0587. The van der Waals surface area contributed by atoms with E-state index in [0.29, 0.717) is 18.8 Å². The number of rotatable bonds is 7. The van der Waals surface area contributed by atoms with Crippen LogP contribution in [0.4, 0.5) is 11.4 Å². The molecule has 0 amide bonds. The Kier molecular flexibility index (Phi) is 5.85. The molecule has 0 aliphatic carbocycles. The van der Waals surface area contributed by atoms with E-state index >= 15 is 0 Å². The Morgan fingerprint density at radius 3 is 2.50 bits per heavy atom. The van der Waals surface area contributed by atoms with Crippen LogP contribution in [0.15, 0.2) is 47.4 Å². The van der Waals surface area contributed by atoms with Gasteiger partial charge >= 0.3 is 0 Å². The van der Waals surface area contributed by atoms with Crippen molar-refractivity contribution in [3.8, 4) is 5.75 Å². The number of methoxy groups -OCH3 is 1. The number of sulfonamides is 1. The topological polar surface area (TPSA) is 102 Å². The largest absolute Gasteiger partial charge is 0.496 e. The molecule has 150 valence electrons. The number of anilines is 1. The smallest absolute Gasteiger partial charge is 0.293 e. The minimum Gasteiger partial charge on any atom is -0.496 e. The monoisotopic (exact) mass is 405 g/mol. The van der Waals surface area contributed by atoms with Gasteiger partial charge in [0.05, 0.1) is 23.0 Å². The van der Waals surface area contributed by atoms with E-state index in [1.807, 2.05) is 31.2 Å². The van der Waals surface area contributed by atoms with Crippen LogP contribution in [0.1, 0.15) is 31.4 Å². The first kappa shape index (κ1) is 20.1. The van der Waals surface area contributed by atoms with Crippen LogP contribution in [-0.2, 0) is 10.0 Å². The average molecular weight is 405 g/mol. The van der Waals surface area contributed by atoms with Crippen LogP contribution in [0.25, 0.3) is 0 Å². The third-order valence-electron chi connectivity index (χ3n) is 4.85. The summed E-state index contributed by atoms with van der Waals surface area (Å²) in [5.41, 5.74) is 0.818. The van der Waals surface area contributed by atoms with E-state index in [9.17, 15) is 18.5 Å². The Balaban J connectivity index is 1.93. The van der Waals surface area contributed by atoms with Crippen molar-refractivity contribution in [2.75, 3.05) is 25.5 Å². The van der Waals surface area contributed by atoms with Gasteiger partial charge in [-0.15, -0.1) is 0 Å². The lowest BCUT2D eigenvalue weighted by atomic mass is 10.1. The number of para-hydroxylation sites is 1. The van der Waals surface area contributed by atoms with E-state index in [1.54, 1.807) is 7.11 Å². The number of nitrogens with one attached hydrogen (secondary N) is 1. The van der Waals surface area contributed by atoms with Crippen LogP contribution in [0.5, 0.6) is 5.75 Å². The molecule has 0 aromatic heterocycles. The van der Waals surface area contributed by atoms with Crippen molar-refractivity contribution in [3.63, 3.8) is 0 Å². The van der Waals surface area contributed by atoms with Crippen molar-refractivity contribution in [2.45, 2.75) is 30.7 Å². The van der Waals surface area contributed by atoms with Crippen LogP contribution in [0.3, 0.4) is 0 Å². The Morgan fingerprint density at radius 2 is 1.86 bits per heavy atom. The predicted molar refractivity (Wildman–Crippen MR) is 106 cm³/mol. The Labute approximate surface area is 164 Å². The highest BCUT2D eigenvalue weighted by atomic mass is 32.2. The highest BCUT2D eigenvalue weighted by Gasteiger charge is 2.29. The van der Waals surface area contributed by atoms with Crippen molar-refractivity contribution in [3.05, 3.63) is 58.1 Å². The summed E-state index contributed by atoms with van der Waals surface area (Å²) in [5, 5.41) is 14.7. The molecule has 0 unspecified atom stereocenters. The molecule has 2 aromatic rings. The zero-order valence-corrected chi connectivity index (χ0v) is 16.6. The first-order valence-corrected chi connectivity index (χ1v) is 10.5. The summed E-state index contributed by atoms with van der Waals surface area (Å²) in [6.45, 7) is 2.75. The molecule has 0 bridgehead atoms. The quantitative estimate of drug-likeness (QED) is 0.558. The summed E-state index contributed by atoms with van der Waals surface area (Å²) in [4.78, 5) is 11.0. The van der Waals surface area contributed by atoms with Gasteiger partial charge in [0, 0.05) is 24.7 Å². The second-order valence-electron chi connectivity index (χ2n) is 6.66. The maximum absolute atomic E-state index is 12.7. The Bertz CT molecular complexity index is 971. The number of benzene rings is 2. The summed E-state index contributed by atoms with van der Waals surface area (Å²) in [6, 6.07) is 11.1. The summed E-state index contributed by atoms with van der Waals surface area (Å²) >= 11 is 0. The maximum Gasteiger partial charge on any atom is 0.293 e. The number of nitro benzene ring substituents is 1. The second-order valence-corrected chi connectivity index (χ2v) is 8.59. The van der Waals surface area contributed by atoms with Gasteiger partial charge in [0.15, 0.2) is 0 Å². The lowest BCUT2D eigenvalue weighted by Crippen LogP contribution is -2.27. The molecule has 3 rings (SSSR count). The molecular weight excluding hydrogens is 382 g/mol. The van der Waals surface area contributed by atoms with Crippen molar-refractivity contribution < 1.29 is 18.1 Å². The molecule has 1 heterocycles. The molecule has 1 N–H and O–H groups in total. The summed E-state index contributed by atoms with van der Waals surface area (Å²) < 4.78 is 32.1. The summed E-state index contributed by atoms with van der Waals surface area (Å²) in [7, 11) is -2.16. The van der Waals surface area contributed by atoms with Crippen molar-refractivity contribution >= 4 is 21.4 Å². The Morgan fingerprint density at radius 1 is 1.18 bits per heavy atom. The van der Waals surface area contributed by atoms with Crippen LogP contribution < -0.4 is 10.1 Å². The molecule has 2 aromatic carbocycles. The van der Waals surface area contributed by atoms with Crippen molar-refractivity contribution in [1.82, 2.24) is 4.31 Å². The number of hydrogen-bond acceptors (Lipinski definition) is 6. The number of ether oxygens (including phenoxy) is 1. The highest BCUT2D eigenvalue weighted by molar-refractivity contribution is 7.89. The lowest BCUT2D eigenvalue weighted by Gasteiger charge is -2.19. The molecule has 0 saturated carbocycles. The van der Waals surface area contributed by atoms with Gasteiger partial charge in [-0.25, -0.2) is 8.42 Å². The van der Waals surface area contributed by atoms with Crippen LogP contribution in [0.2, 0.25) is 0 Å². The van der Waals surface area contributed by atoms with Crippen LogP contribution in [0, 0.1) is 10.1 Å². The molecule has 8 nitrogen and oxygen atoms in total. The number of hydrogen-bond donors (Lipinski definition) is 1. The molecule has 0 spiro atoms.